The summed E-state index contributed by atoms with van der Waals surface area (Å²) < 4.78 is 31.9. The molecule has 0 aliphatic carbocycles. The van der Waals surface area contributed by atoms with Crippen molar-refractivity contribution in [3.63, 3.8) is 0 Å². The third kappa shape index (κ3) is 9.09. The van der Waals surface area contributed by atoms with Crippen LogP contribution in [0.1, 0.15) is 13.8 Å². The lowest BCUT2D eigenvalue weighted by Gasteiger charge is -2.15. The molecular weight excluding hydrogens is 430 g/mol. The van der Waals surface area contributed by atoms with Crippen LogP contribution in [0, 0.1) is 0 Å². The van der Waals surface area contributed by atoms with Gasteiger partial charge in [0.1, 0.15) is 18.1 Å². The normalized spacial score (nSPS) is 11.6. The Bertz CT molecular complexity index is 930. The highest BCUT2D eigenvalue weighted by Gasteiger charge is 2.12. The molecule has 33 heavy (non-hydrogen) atoms. The van der Waals surface area contributed by atoms with Gasteiger partial charge in [0, 0.05) is 30.0 Å². The molecule has 1 N–H and O–H groups in total. The molecular formula is C24H31NO8. The number of ether oxygens (including phenoxy) is 6. The Kier molecular flexibility index (Phi) is 11.2. The van der Waals surface area contributed by atoms with Crippen LogP contribution in [0.5, 0.6) is 11.5 Å². The molecule has 2 aromatic carbocycles. The minimum absolute atomic E-state index is 0.159. The van der Waals surface area contributed by atoms with E-state index in [1.807, 2.05) is 24.3 Å². The first kappa shape index (κ1) is 26.1. The summed E-state index contributed by atoms with van der Waals surface area (Å²) in [5.74, 6) is 0.616. The average molecular weight is 462 g/mol. The summed E-state index contributed by atoms with van der Waals surface area (Å²) >= 11 is 0. The van der Waals surface area contributed by atoms with Gasteiger partial charge < -0.3 is 33.7 Å². The molecule has 1 unspecified atom stereocenters. The molecule has 1 atom stereocenters. The van der Waals surface area contributed by atoms with Crippen molar-refractivity contribution in [3.05, 3.63) is 48.6 Å². The van der Waals surface area contributed by atoms with E-state index in [0.717, 1.165) is 10.8 Å². The van der Waals surface area contributed by atoms with E-state index in [9.17, 15) is 9.59 Å². The van der Waals surface area contributed by atoms with Gasteiger partial charge in [-0.15, -0.1) is 0 Å². The van der Waals surface area contributed by atoms with E-state index in [1.165, 1.54) is 0 Å². The van der Waals surface area contributed by atoms with Crippen molar-refractivity contribution in [1.82, 2.24) is 5.32 Å². The van der Waals surface area contributed by atoms with Crippen molar-refractivity contribution >= 4 is 22.8 Å². The van der Waals surface area contributed by atoms with Crippen LogP contribution < -0.4 is 14.8 Å². The Labute approximate surface area is 193 Å². The molecule has 2 aromatic rings. The molecule has 0 bridgehead atoms. The molecule has 2 rings (SSSR count). The fraction of sp³-hybridized carbons (Fsp3) is 0.417. The second-order valence-corrected chi connectivity index (χ2v) is 6.99. The van der Waals surface area contributed by atoms with Gasteiger partial charge in [-0.1, -0.05) is 30.8 Å². The lowest BCUT2D eigenvalue weighted by Crippen LogP contribution is -2.30. The molecule has 0 saturated carbocycles. The third-order valence-corrected chi connectivity index (χ3v) is 4.37. The Morgan fingerprint density at radius 2 is 1.55 bits per heavy atom. The largest absolute Gasteiger partial charge is 0.465 e. The van der Waals surface area contributed by atoms with Gasteiger partial charge >= 0.3 is 12.1 Å². The van der Waals surface area contributed by atoms with Gasteiger partial charge in [0.15, 0.2) is 6.29 Å². The van der Waals surface area contributed by atoms with Crippen LogP contribution in [0.25, 0.3) is 10.8 Å². The third-order valence-electron chi connectivity index (χ3n) is 4.37. The summed E-state index contributed by atoms with van der Waals surface area (Å²) in [6.45, 7) is 8.56. The molecule has 0 fully saturated rings. The maximum absolute atomic E-state index is 12.2. The summed E-state index contributed by atoms with van der Waals surface area (Å²) in [6, 6.07) is 10.9. The van der Waals surface area contributed by atoms with Crippen LogP contribution in [0.3, 0.4) is 0 Å². The Hall–Kier alpha value is -3.14. The molecule has 180 valence electrons. The number of hydrogen-bond donors (Lipinski definition) is 1. The van der Waals surface area contributed by atoms with Gasteiger partial charge in [-0.3, -0.25) is 0 Å². The number of esters is 1. The van der Waals surface area contributed by atoms with Crippen LogP contribution in [-0.4, -0.2) is 65.0 Å². The predicted molar refractivity (Wildman–Crippen MR) is 122 cm³/mol. The average Bonchev–Trinajstić information content (AvgIpc) is 2.80. The zero-order valence-corrected chi connectivity index (χ0v) is 19.3. The van der Waals surface area contributed by atoms with Gasteiger partial charge in [-0.2, -0.15) is 0 Å². The van der Waals surface area contributed by atoms with Gasteiger partial charge in [-0.05, 0) is 26.0 Å². The fourth-order valence-corrected chi connectivity index (χ4v) is 2.67. The SMILES string of the molecule is C=C(C)C(=O)OCCOCCOCCNC(=O)Oc1cccc2c(OC(C)OC)cccc12. The summed E-state index contributed by atoms with van der Waals surface area (Å²) in [4.78, 5) is 23.4. The van der Waals surface area contributed by atoms with Crippen LogP contribution in [-0.2, 0) is 23.7 Å². The summed E-state index contributed by atoms with van der Waals surface area (Å²) in [5, 5.41) is 4.20. The molecule has 0 aromatic heterocycles. The molecule has 0 spiro atoms. The van der Waals surface area contributed by atoms with E-state index in [1.54, 1.807) is 33.1 Å². The summed E-state index contributed by atoms with van der Waals surface area (Å²) in [7, 11) is 1.57. The Morgan fingerprint density at radius 1 is 0.939 bits per heavy atom. The zero-order valence-electron chi connectivity index (χ0n) is 19.3. The van der Waals surface area contributed by atoms with Gasteiger partial charge in [0.05, 0.1) is 26.4 Å². The summed E-state index contributed by atoms with van der Waals surface area (Å²) in [5.41, 5.74) is 0.347. The van der Waals surface area contributed by atoms with Crippen molar-refractivity contribution < 1.29 is 38.0 Å². The number of carbonyl (C=O) groups excluding carboxylic acids is 2. The number of hydrogen-bond acceptors (Lipinski definition) is 8. The van der Waals surface area contributed by atoms with Gasteiger partial charge in [0.2, 0.25) is 0 Å². The second-order valence-electron chi connectivity index (χ2n) is 6.99. The van der Waals surface area contributed by atoms with Crippen LogP contribution in [0.2, 0.25) is 0 Å². The highest BCUT2D eigenvalue weighted by Crippen LogP contribution is 2.32. The minimum atomic E-state index is -0.585. The van der Waals surface area contributed by atoms with E-state index >= 15 is 0 Å². The number of amides is 1. The van der Waals surface area contributed by atoms with E-state index in [0.29, 0.717) is 36.9 Å². The van der Waals surface area contributed by atoms with Crippen molar-refractivity contribution in [3.8, 4) is 11.5 Å². The lowest BCUT2D eigenvalue weighted by molar-refractivity contribution is -0.140. The summed E-state index contributed by atoms with van der Waals surface area (Å²) in [6.07, 6.45) is -0.994. The quantitative estimate of drug-likeness (QED) is 0.198. The molecule has 1 amide bonds. The number of methoxy groups -OCH3 is 1. The molecule has 0 heterocycles. The number of rotatable bonds is 14. The van der Waals surface area contributed by atoms with Crippen LogP contribution in [0.4, 0.5) is 4.79 Å². The molecule has 0 saturated heterocycles. The lowest BCUT2D eigenvalue weighted by atomic mass is 10.1. The zero-order chi connectivity index (χ0) is 24.1. The number of benzene rings is 2. The molecule has 9 heteroatoms. The minimum Gasteiger partial charge on any atom is -0.465 e. The molecule has 0 radical (unpaired) electrons. The van der Waals surface area contributed by atoms with Crippen molar-refractivity contribution in [2.24, 2.45) is 0 Å². The maximum Gasteiger partial charge on any atom is 0.412 e. The first-order valence-electron chi connectivity index (χ1n) is 10.6. The maximum atomic E-state index is 12.2. The highest BCUT2D eigenvalue weighted by atomic mass is 16.7. The first-order valence-corrected chi connectivity index (χ1v) is 10.6. The first-order chi connectivity index (χ1) is 15.9. The van der Waals surface area contributed by atoms with Crippen LogP contribution >= 0.6 is 0 Å². The molecule has 0 aliphatic rings. The number of carbonyl (C=O) groups is 2. The highest BCUT2D eigenvalue weighted by molar-refractivity contribution is 5.94. The van der Waals surface area contributed by atoms with Gasteiger partial charge in [0.25, 0.3) is 0 Å². The van der Waals surface area contributed by atoms with E-state index in [2.05, 4.69) is 11.9 Å². The van der Waals surface area contributed by atoms with Crippen molar-refractivity contribution in [2.75, 3.05) is 46.7 Å². The Balaban J connectivity index is 1.67. The monoisotopic (exact) mass is 461 g/mol. The van der Waals surface area contributed by atoms with Crippen molar-refractivity contribution in [1.29, 1.82) is 0 Å². The number of fused-ring (bicyclic) bond motifs is 1. The topological polar surface area (TPSA) is 102 Å². The Morgan fingerprint density at radius 3 is 2.21 bits per heavy atom. The van der Waals surface area contributed by atoms with Crippen LogP contribution in [0.15, 0.2) is 48.6 Å². The standard InChI is InChI=1S/C24H31NO8/c1-17(2)23(26)31-16-15-30-14-13-29-12-11-25-24(27)33-22-10-6-7-19-20(22)8-5-9-21(19)32-18(3)28-4/h5-10,18H,1,11-16H2,2-4H3,(H,25,27). The molecule has 0 aliphatic heterocycles. The predicted octanol–water partition coefficient (Wildman–Crippen LogP) is 3.45. The van der Waals surface area contributed by atoms with E-state index in [4.69, 9.17) is 28.4 Å². The molecule has 9 nitrogen and oxygen atoms in total. The number of nitrogens with one attached hydrogen (secondary N) is 1. The second kappa shape index (κ2) is 14.1. The smallest absolute Gasteiger partial charge is 0.412 e. The van der Waals surface area contributed by atoms with E-state index < -0.39 is 18.4 Å². The fourth-order valence-electron chi connectivity index (χ4n) is 2.67. The van der Waals surface area contributed by atoms with Gasteiger partial charge in [-0.25, -0.2) is 9.59 Å². The van der Waals surface area contributed by atoms with E-state index in [-0.39, 0.29) is 19.8 Å². The van der Waals surface area contributed by atoms with Crippen molar-refractivity contribution in [2.45, 2.75) is 20.1 Å².